The summed E-state index contributed by atoms with van der Waals surface area (Å²) < 4.78 is 16.6. The van der Waals surface area contributed by atoms with Crippen molar-refractivity contribution in [2.75, 3.05) is 6.61 Å². The molecule has 3 aromatic rings. The highest BCUT2D eigenvalue weighted by molar-refractivity contribution is 7.14. The minimum Gasteiger partial charge on any atom is -0.474 e. The van der Waals surface area contributed by atoms with Crippen molar-refractivity contribution in [2.24, 2.45) is 0 Å². The van der Waals surface area contributed by atoms with Gasteiger partial charge in [-0.3, -0.25) is 4.79 Å². The number of nitrogens with one attached hydrogen (secondary N) is 1. The molecule has 0 unspecified atom stereocenters. The molecule has 0 bridgehead atoms. The molecule has 0 radical (unpaired) electrons. The van der Waals surface area contributed by atoms with E-state index >= 15 is 0 Å². The first-order chi connectivity index (χ1) is 13.0. The maximum Gasteiger partial charge on any atom is 0.238 e. The van der Waals surface area contributed by atoms with Gasteiger partial charge in [-0.15, -0.1) is 0 Å². The van der Waals surface area contributed by atoms with Gasteiger partial charge in [-0.2, -0.15) is 4.37 Å². The lowest BCUT2D eigenvalue weighted by Crippen LogP contribution is -2.35. The number of amides is 1. The summed E-state index contributed by atoms with van der Waals surface area (Å²) in [5.41, 5.74) is 1.03. The zero-order valence-electron chi connectivity index (χ0n) is 15.2. The van der Waals surface area contributed by atoms with Gasteiger partial charge in [-0.05, 0) is 37.0 Å². The summed E-state index contributed by atoms with van der Waals surface area (Å²) in [6, 6.07) is 3.63. The van der Waals surface area contributed by atoms with Gasteiger partial charge in [0.15, 0.2) is 0 Å². The summed E-state index contributed by atoms with van der Waals surface area (Å²) in [6.07, 6.45) is 3.78. The molecule has 2 aromatic heterocycles. The molecule has 0 fully saturated rings. The number of ether oxygens (including phenoxy) is 2. The second kappa shape index (κ2) is 8.49. The molecule has 0 aliphatic carbocycles. The highest BCUT2D eigenvalue weighted by atomic mass is 35.5. The Labute approximate surface area is 165 Å². The zero-order valence-corrected chi connectivity index (χ0v) is 16.7. The van der Waals surface area contributed by atoms with Crippen molar-refractivity contribution in [1.29, 1.82) is 0 Å². The third kappa shape index (κ3) is 4.64. The first-order valence-corrected chi connectivity index (χ1v) is 9.59. The summed E-state index contributed by atoms with van der Waals surface area (Å²) in [6.45, 7) is 5.65. The number of aromatic nitrogens is 3. The largest absolute Gasteiger partial charge is 0.474 e. The number of aryl methyl sites for hydroxylation is 1. The molecule has 142 valence electrons. The molecule has 2 heterocycles. The van der Waals surface area contributed by atoms with Crippen LogP contribution in [0.1, 0.15) is 26.5 Å². The molecule has 0 saturated heterocycles. The number of rotatable bonds is 7. The summed E-state index contributed by atoms with van der Waals surface area (Å²) >= 11 is 7.81. The van der Waals surface area contributed by atoms with E-state index in [-0.39, 0.29) is 11.9 Å². The Morgan fingerprint density at radius 3 is 2.70 bits per heavy atom. The van der Waals surface area contributed by atoms with Crippen molar-refractivity contribution in [3.63, 3.8) is 0 Å². The van der Waals surface area contributed by atoms with Gasteiger partial charge >= 0.3 is 0 Å². The average Bonchev–Trinajstić information content (AvgIpc) is 3.07. The van der Waals surface area contributed by atoms with Crippen molar-refractivity contribution >= 4 is 39.1 Å². The monoisotopic (exact) mass is 406 g/mol. The molecule has 9 heteroatoms. The van der Waals surface area contributed by atoms with Crippen molar-refractivity contribution in [3.8, 4) is 17.5 Å². The molecule has 3 rings (SSSR count). The van der Waals surface area contributed by atoms with Crippen LogP contribution in [0.2, 0.25) is 5.02 Å². The quantitative estimate of drug-likeness (QED) is 0.638. The van der Waals surface area contributed by atoms with Crippen LogP contribution in [0.4, 0.5) is 0 Å². The van der Waals surface area contributed by atoms with Gasteiger partial charge in [-0.1, -0.05) is 18.5 Å². The number of halogens is 1. The molecule has 7 nitrogen and oxygen atoms in total. The smallest absolute Gasteiger partial charge is 0.238 e. The van der Waals surface area contributed by atoms with E-state index in [1.165, 1.54) is 30.8 Å². The fourth-order valence-electron chi connectivity index (χ4n) is 2.48. The first-order valence-electron chi connectivity index (χ1n) is 8.44. The van der Waals surface area contributed by atoms with Crippen molar-refractivity contribution in [2.45, 2.75) is 33.2 Å². The van der Waals surface area contributed by atoms with Gasteiger partial charge in [0.05, 0.1) is 28.8 Å². The van der Waals surface area contributed by atoms with Gasteiger partial charge in [0, 0.05) is 12.3 Å². The number of hydrogen-bond donors (Lipinski definition) is 1. The SMILES string of the molecule is CCc1nsc2c(Cl)c(Oc3cnc(OC[C@H](C)NC(C)=O)cn3)ccc12. The number of hydrogen-bond acceptors (Lipinski definition) is 7. The van der Waals surface area contributed by atoms with Crippen LogP contribution in [0.3, 0.4) is 0 Å². The van der Waals surface area contributed by atoms with E-state index in [0.29, 0.717) is 29.1 Å². The third-order valence-corrected chi connectivity index (χ3v) is 5.11. The van der Waals surface area contributed by atoms with Gasteiger partial charge in [0.25, 0.3) is 0 Å². The molecule has 0 aliphatic rings. The summed E-state index contributed by atoms with van der Waals surface area (Å²) in [7, 11) is 0. The van der Waals surface area contributed by atoms with Crippen LogP contribution in [0.5, 0.6) is 17.5 Å². The molecular weight excluding hydrogens is 388 g/mol. The molecular formula is C18H19ClN4O3S. The predicted molar refractivity (Wildman–Crippen MR) is 105 cm³/mol. The highest BCUT2D eigenvalue weighted by Gasteiger charge is 2.14. The standard InChI is InChI=1S/C18H19ClN4O3S/c1-4-13-12-5-6-14(17(19)18(12)27-23-13)26-16-8-20-15(7-21-16)25-9-10(2)22-11(3)24/h5-8,10H,4,9H2,1-3H3,(H,22,24)/t10-/m0/s1. The predicted octanol–water partition coefficient (Wildman–Crippen LogP) is 4.00. The fourth-order valence-corrected chi connectivity index (χ4v) is 3.68. The fraction of sp³-hybridized carbons (Fsp3) is 0.333. The maximum absolute atomic E-state index is 11.0. The zero-order chi connectivity index (χ0) is 19.4. The van der Waals surface area contributed by atoms with Crippen LogP contribution in [0.25, 0.3) is 10.1 Å². The van der Waals surface area contributed by atoms with Gasteiger partial charge in [-0.25, -0.2) is 9.97 Å². The van der Waals surface area contributed by atoms with Crippen molar-refractivity contribution in [3.05, 3.63) is 35.2 Å². The van der Waals surface area contributed by atoms with E-state index < -0.39 is 0 Å². The van der Waals surface area contributed by atoms with Crippen LogP contribution in [-0.4, -0.2) is 32.9 Å². The topological polar surface area (TPSA) is 86.2 Å². The van der Waals surface area contributed by atoms with E-state index in [4.69, 9.17) is 21.1 Å². The Morgan fingerprint density at radius 2 is 2.04 bits per heavy atom. The number of carbonyl (C=O) groups excluding carboxylic acids is 1. The van der Waals surface area contributed by atoms with Crippen LogP contribution >= 0.6 is 23.1 Å². The van der Waals surface area contributed by atoms with Crippen molar-refractivity contribution < 1.29 is 14.3 Å². The van der Waals surface area contributed by atoms with Gasteiger partial charge in [0.1, 0.15) is 17.4 Å². The Morgan fingerprint density at radius 1 is 1.30 bits per heavy atom. The van der Waals surface area contributed by atoms with E-state index in [9.17, 15) is 4.79 Å². The minimum absolute atomic E-state index is 0.109. The van der Waals surface area contributed by atoms with Crippen LogP contribution in [0, 0.1) is 0 Å². The molecule has 1 N–H and O–H groups in total. The average molecular weight is 407 g/mol. The Bertz CT molecular complexity index is 946. The first kappa shape index (κ1) is 19.3. The van der Waals surface area contributed by atoms with E-state index in [2.05, 4.69) is 26.6 Å². The van der Waals surface area contributed by atoms with Gasteiger partial charge in [0.2, 0.25) is 17.7 Å². The highest BCUT2D eigenvalue weighted by Crippen LogP contribution is 2.38. The number of fused-ring (bicyclic) bond motifs is 1. The molecule has 1 aromatic carbocycles. The summed E-state index contributed by atoms with van der Waals surface area (Å²) in [5.74, 6) is 1.04. The molecule has 0 aliphatic heterocycles. The Hall–Kier alpha value is -2.45. The molecule has 0 spiro atoms. The lowest BCUT2D eigenvalue weighted by Gasteiger charge is -2.13. The molecule has 27 heavy (non-hydrogen) atoms. The number of nitrogens with zero attached hydrogens (tertiary/aromatic N) is 3. The molecule has 1 amide bonds. The van der Waals surface area contributed by atoms with Crippen molar-refractivity contribution in [1.82, 2.24) is 19.7 Å². The second-order valence-corrected chi connectivity index (χ2v) is 7.10. The lowest BCUT2D eigenvalue weighted by atomic mass is 10.2. The summed E-state index contributed by atoms with van der Waals surface area (Å²) in [5, 5.41) is 4.28. The second-order valence-electron chi connectivity index (χ2n) is 5.94. The maximum atomic E-state index is 11.0. The Balaban J connectivity index is 1.67. The normalized spacial score (nSPS) is 12.0. The molecule has 1 atom stereocenters. The Kier molecular flexibility index (Phi) is 6.08. The molecule has 0 saturated carbocycles. The van der Waals surface area contributed by atoms with Crippen LogP contribution in [0.15, 0.2) is 24.5 Å². The van der Waals surface area contributed by atoms with Crippen LogP contribution in [-0.2, 0) is 11.2 Å². The van der Waals surface area contributed by atoms with Crippen LogP contribution < -0.4 is 14.8 Å². The van der Waals surface area contributed by atoms with Gasteiger partial charge < -0.3 is 14.8 Å². The minimum atomic E-state index is -0.127. The number of benzene rings is 1. The van der Waals surface area contributed by atoms with E-state index in [0.717, 1.165) is 22.2 Å². The number of carbonyl (C=O) groups is 1. The lowest BCUT2D eigenvalue weighted by molar-refractivity contribution is -0.119. The third-order valence-electron chi connectivity index (χ3n) is 3.70. The van der Waals surface area contributed by atoms with E-state index in [1.807, 2.05) is 13.0 Å². The van der Waals surface area contributed by atoms with E-state index in [1.54, 1.807) is 6.07 Å². The summed E-state index contributed by atoms with van der Waals surface area (Å²) in [4.78, 5) is 19.3.